The van der Waals surface area contributed by atoms with E-state index in [0.29, 0.717) is 79.3 Å². The number of benzene rings is 2. The van der Waals surface area contributed by atoms with Crippen LogP contribution in [-0.4, -0.2) is 92.0 Å². The van der Waals surface area contributed by atoms with Crippen LogP contribution < -0.4 is 10.8 Å². The number of ether oxygens (including phenoxy) is 6. The maximum Gasteiger partial charge on any atom is 0.673 e. The molecule has 0 amide bonds. The van der Waals surface area contributed by atoms with Crippen LogP contribution in [0.25, 0.3) is 0 Å². The molecule has 0 spiro atoms. The third kappa shape index (κ3) is 26.7. The number of rotatable bonds is 2. The highest BCUT2D eigenvalue weighted by Gasteiger charge is 2.20. The van der Waals surface area contributed by atoms with Crippen LogP contribution >= 0.6 is 0 Å². The molecule has 1 heterocycles. The van der Waals surface area contributed by atoms with E-state index in [2.05, 4.69) is 10.2 Å². The summed E-state index contributed by atoms with van der Waals surface area (Å²) >= 11 is 0. The maximum absolute atomic E-state index is 9.75. The predicted octanol–water partition coefficient (Wildman–Crippen LogP) is 2.34. The van der Waals surface area contributed by atoms with Gasteiger partial charge >= 0.3 is 7.25 Å². The fraction of sp³-hybridized carbons (Fsp3) is 0.500. The van der Waals surface area contributed by atoms with Crippen molar-refractivity contribution >= 4 is 24.3 Å². The minimum absolute atomic E-state index is 0. The quantitative estimate of drug-likeness (QED) is 0.246. The monoisotopic (exact) mass is 567 g/mol. The standard InChI is InChI=1S/C12H11N3.C12H24O6.BF4.H2O/c13-10-6-8-12(9-7-10)15-14-11-4-2-1-3-5-11;1-2-14-5-6-16-9-10-18-12-11-17-8-7-15-4-3-13-1;2-1(3,4)5;/h1-9H,13H2;1-12H2;;1H2/q;;-1;/p+1. The lowest BCUT2D eigenvalue weighted by atomic mass is 10.3. The zero-order valence-corrected chi connectivity index (χ0v) is 21.7. The van der Waals surface area contributed by atoms with Gasteiger partial charge in [0.25, 0.3) is 0 Å². The molecule has 2 aromatic carbocycles. The summed E-state index contributed by atoms with van der Waals surface area (Å²) in [7, 11) is -6.00. The molecule has 39 heavy (non-hydrogen) atoms. The van der Waals surface area contributed by atoms with E-state index in [4.69, 9.17) is 34.2 Å². The van der Waals surface area contributed by atoms with Crippen molar-refractivity contribution in [2.24, 2.45) is 5.11 Å². The fourth-order valence-corrected chi connectivity index (χ4v) is 2.51. The Morgan fingerprint density at radius 3 is 1.18 bits per heavy atom. The average Bonchev–Trinajstić information content (AvgIpc) is 2.88. The van der Waals surface area contributed by atoms with Gasteiger partial charge in [-0.1, -0.05) is 23.3 Å². The maximum atomic E-state index is 9.75. The van der Waals surface area contributed by atoms with Gasteiger partial charge in [-0.3, -0.25) is 0 Å². The number of anilines is 1. The molecule has 0 saturated carbocycles. The topological polar surface area (TPSA) is 139 Å². The van der Waals surface area contributed by atoms with Crippen molar-refractivity contribution in [2.45, 2.75) is 0 Å². The Balaban J connectivity index is 0.000000624. The first-order chi connectivity index (χ1) is 18.3. The van der Waals surface area contributed by atoms with E-state index < -0.39 is 7.25 Å². The van der Waals surface area contributed by atoms with Crippen LogP contribution in [0.2, 0.25) is 0 Å². The second kappa shape index (κ2) is 24.4. The number of nitrogens with one attached hydrogen (secondary N) is 1. The number of nitrogens with two attached hydrogens (primary N) is 1. The molecule has 1 aliphatic heterocycles. The second-order valence-corrected chi connectivity index (χ2v) is 7.35. The lowest BCUT2D eigenvalue weighted by Gasteiger charge is -2.09. The number of azo groups is 1. The number of nitrogen functional groups attached to an aromatic ring is 1. The average molecular weight is 567 g/mol. The van der Waals surface area contributed by atoms with Gasteiger partial charge in [0.2, 0.25) is 5.69 Å². The van der Waals surface area contributed by atoms with Crippen LogP contribution in [-0.2, 0) is 28.4 Å². The van der Waals surface area contributed by atoms with Crippen LogP contribution in [0.5, 0.6) is 0 Å². The van der Waals surface area contributed by atoms with Crippen molar-refractivity contribution in [3.05, 3.63) is 54.6 Å². The molecule has 1 fully saturated rings. The van der Waals surface area contributed by atoms with E-state index >= 15 is 0 Å². The number of para-hydroxylation sites is 1. The molecular weight excluding hydrogens is 529 g/mol. The van der Waals surface area contributed by atoms with E-state index in [0.717, 1.165) is 17.1 Å². The van der Waals surface area contributed by atoms with Crippen molar-refractivity contribution in [1.82, 2.24) is 0 Å². The molecule has 1 saturated heterocycles. The van der Waals surface area contributed by atoms with Gasteiger partial charge in [0.05, 0.1) is 79.3 Å². The van der Waals surface area contributed by atoms with Crippen molar-refractivity contribution in [2.75, 3.05) is 85.0 Å². The van der Waals surface area contributed by atoms with Crippen molar-refractivity contribution < 1.29 is 56.3 Å². The molecule has 222 valence electrons. The Kier molecular flexibility index (Phi) is 22.7. The Bertz CT molecular complexity index is 758. The molecule has 15 heteroatoms. The summed E-state index contributed by atoms with van der Waals surface area (Å²) in [4.78, 5) is 0. The van der Waals surface area contributed by atoms with Gasteiger partial charge in [0.15, 0.2) is 0 Å². The highest BCUT2D eigenvalue weighted by atomic mass is 19.5. The number of halogens is 4. The summed E-state index contributed by atoms with van der Waals surface area (Å²) in [5, 5.41) is 7.17. The minimum atomic E-state index is -6.00. The van der Waals surface area contributed by atoms with Gasteiger partial charge < -0.3 is 56.9 Å². The van der Waals surface area contributed by atoms with Gasteiger partial charge in [-0.15, -0.1) is 0 Å². The molecule has 0 bridgehead atoms. The van der Waals surface area contributed by atoms with Gasteiger partial charge in [0, 0.05) is 17.8 Å². The Morgan fingerprint density at radius 2 is 0.872 bits per heavy atom. The van der Waals surface area contributed by atoms with Crippen molar-refractivity contribution in [3.8, 4) is 0 Å². The van der Waals surface area contributed by atoms with Crippen LogP contribution in [0.3, 0.4) is 0 Å². The second-order valence-electron chi connectivity index (χ2n) is 7.35. The summed E-state index contributed by atoms with van der Waals surface area (Å²) < 4.78 is 71.0. The van der Waals surface area contributed by atoms with Crippen molar-refractivity contribution in [3.63, 3.8) is 0 Å². The van der Waals surface area contributed by atoms with E-state index in [1.165, 1.54) is 0 Å². The molecule has 0 unspecified atom stereocenters. The normalized spacial score (nSPS) is 16.7. The zero-order chi connectivity index (χ0) is 27.7. The summed E-state index contributed by atoms with van der Waals surface area (Å²) in [6.45, 7) is 7.04. The van der Waals surface area contributed by atoms with Crippen LogP contribution in [0, 0.1) is 0 Å². The molecular formula is C24H38BF4N3O7. The molecule has 10 nitrogen and oxygen atoms in total. The van der Waals surface area contributed by atoms with Crippen LogP contribution in [0.15, 0.2) is 59.7 Å². The van der Waals surface area contributed by atoms with Gasteiger partial charge in [-0.25, -0.2) is 0 Å². The van der Waals surface area contributed by atoms with E-state index in [9.17, 15) is 17.3 Å². The van der Waals surface area contributed by atoms with Crippen LogP contribution in [0.1, 0.15) is 0 Å². The number of nitrogens with zero attached hydrogens (tertiary/aromatic N) is 1. The Morgan fingerprint density at radius 1 is 0.564 bits per heavy atom. The highest BCUT2D eigenvalue weighted by Crippen LogP contribution is 2.08. The highest BCUT2D eigenvalue weighted by molar-refractivity contribution is 6.50. The summed E-state index contributed by atoms with van der Waals surface area (Å²) in [6, 6.07) is 17.2. The third-order valence-corrected chi connectivity index (χ3v) is 4.21. The molecule has 0 aromatic heterocycles. The SMILES string of the molecule is C1COCCOCCOCCOCCOCCO1.F[B-](F)(F)F.Nc1ccc([NH+]=Nc2ccccc2)cc1.O. The summed E-state index contributed by atoms with van der Waals surface area (Å²) in [6.07, 6.45) is 0. The first-order valence-corrected chi connectivity index (χ1v) is 12.1. The minimum Gasteiger partial charge on any atom is -0.418 e. The Hall–Kier alpha value is -2.66. The summed E-state index contributed by atoms with van der Waals surface area (Å²) in [5.41, 5.74) is 8.15. The lowest BCUT2D eigenvalue weighted by molar-refractivity contribution is -0.433. The first-order valence-electron chi connectivity index (χ1n) is 12.1. The smallest absolute Gasteiger partial charge is 0.418 e. The number of hydrogen-bond donors (Lipinski definition) is 2. The molecule has 1 aliphatic rings. The van der Waals surface area contributed by atoms with E-state index in [1.54, 1.807) is 0 Å². The lowest BCUT2D eigenvalue weighted by Crippen LogP contribution is -2.57. The molecule has 0 atom stereocenters. The van der Waals surface area contributed by atoms with E-state index in [1.807, 2.05) is 54.6 Å². The Labute approximate surface area is 225 Å². The molecule has 0 radical (unpaired) electrons. The molecule has 2 aromatic rings. The fourth-order valence-electron chi connectivity index (χ4n) is 2.51. The predicted molar refractivity (Wildman–Crippen MR) is 139 cm³/mol. The largest absolute Gasteiger partial charge is 0.673 e. The van der Waals surface area contributed by atoms with Crippen LogP contribution in [0.4, 0.5) is 34.3 Å². The zero-order valence-electron chi connectivity index (χ0n) is 21.7. The molecule has 0 aliphatic carbocycles. The van der Waals surface area contributed by atoms with Gasteiger partial charge in [0.1, 0.15) is 5.69 Å². The molecule has 3 rings (SSSR count). The van der Waals surface area contributed by atoms with Gasteiger partial charge in [-0.05, 0) is 29.4 Å². The first kappa shape index (κ1) is 36.3. The summed E-state index contributed by atoms with van der Waals surface area (Å²) in [5.74, 6) is 0. The van der Waals surface area contributed by atoms with Crippen molar-refractivity contribution in [1.29, 1.82) is 0 Å². The van der Waals surface area contributed by atoms with E-state index in [-0.39, 0.29) is 5.48 Å². The third-order valence-electron chi connectivity index (χ3n) is 4.21. The molecule has 5 N–H and O–H groups in total. The van der Waals surface area contributed by atoms with Gasteiger partial charge in [-0.2, -0.15) is 0 Å². The number of hydrogen-bond acceptors (Lipinski definition) is 8.